The summed E-state index contributed by atoms with van der Waals surface area (Å²) in [6.07, 6.45) is 0. The van der Waals surface area contributed by atoms with Crippen molar-refractivity contribution in [3.63, 3.8) is 0 Å². The van der Waals surface area contributed by atoms with Gasteiger partial charge in [0.05, 0.1) is 5.69 Å². The molecule has 0 bridgehead atoms. The number of nitrogens with two attached hydrogens (primary N) is 1. The van der Waals surface area contributed by atoms with Gasteiger partial charge in [0.2, 0.25) is 0 Å². The molecule has 3 heteroatoms. The van der Waals surface area contributed by atoms with E-state index in [-0.39, 0.29) is 0 Å². The topological polar surface area (TPSA) is 52.0 Å². The van der Waals surface area contributed by atoms with Gasteiger partial charge < -0.3 is 10.3 Å². The molecule has 0 fully saturated rings. The van der Waals surface area contributed by atoms with Crippen molar-refractivity contribution in [2.75, 3.05) is 5.73 Å². The van der Waals surface area contributed by atoms with Crippen molar-refractivity contribution in [3.05, 3.63) is 35.5 Å². The first-order valence-corrected chi connectivity index (χ1v) is 4.46. The zero-order chi connectivity index (χ0) is 10.1. The molecule has 1 aromatic heterocycles. The van der Waals surface area contributed by atoms with Crippen LogP contribution in [0.25, 0.3) is 11.3 Å². The van der Waals surface area contributed by atoms with E-state index in [0.29, 0.717) is 0 Å². The number of hydrogen-bond donors (Lipinski definition) is 1. The third-order valence-electron chi connectivity index (χ3n) is 2.19. The van der Waals surface area contributed by atoms with Gasteiger partial charge in [0.1, 0.15) is 0 Å². The Labute approximate surface area is 82.5 Å². The molecule has 14 heavy (non-hydrogen) atoms. The Morgan fingerprint density at radius 3 is 2.57 bits per heavy atom. The summed E-state index contributed by atoms with van der Waals surface area (Å²) in [6.45, 7) is 3.87. The minimum Gasteiger partial charge on any atom is -0.398 e. The van der Waals surface area contributed by atoms with Gasteiger partial charge in [0.25, 0.3) is 0 Å². The minimum atomic E-state index is 0.759. The molecule has 0 radical (unpaired) electrons. The predicted octanol–water partition coefficient (Wildman–Crippen LogP) is 2.54. The maximum Gasteiger partial charge on any atom is 0.167 e. The summed E-state index contributed by atoms with van der Waals surface area (Å²) >= 11 is 0. The molecule has 0 aliphatic rings. The SMILES string of the molecule is Cc1cc(-c2ccc(C)c(N)c2)on1. The molecule has 0 amide bonds. The van der Waals surface area contributed by atoms with Crippen LogP contribution in [0.1, 0.15) is 11.3 Å². The van der Waals surface area contributed by atoms with Crippen LogP contribution in [-0.4, -0.2) is 5.16 Å². The molecular formula is C11H12N2O. The third-order valence-corrected chi connectivity index (χ3v) is 2.19. The second kappa shape index (κ2) is 3.18. The van der Waals surface area contributed by atoms with Crippen LogP contribution in [0.3, 0.4) is 0 Å². The smallest absolute Gasteiger partial charge is 0.167 e. The molecule has 0 aliphatic heterocycles. The first kappa shape index (κ1) is 8.81. The highest BCUT2D eigenvalue weighted by Crippen LogP contribution is 2.23. The van der Waals surface area contributed by atoms with Gasteiger partial charge >= 0.3 is 0 Å². The average Bonchev–Trinajstić information content (AvgIpc) is 2.57. The molecule has 2 aromatic rings. The van der Waals surface area contributed by atoms with E-state index >= 15 is 0 Å². The van der Waals surface area contributed by atoms with Crippen molar-refractivity contribution in [1.29, 1.82) is 0 Å². The molecule has 2 rings (SSSR count). The number of nitrogen functional groups attached to an aromatic ring is 1. The Morgan fingerprint density at radius 2 is 2.00 bits per heavy atom. The molecule has 0 saturated heterocycles. The fourth-order valence-electron chi connectivity index (χ4n) is 1.29. The molecule has 0 aliphatic carbocycles. The van der Waals surface area contributed by atoms with E-state index in [1.54, 1.807) is 0 Å². The van der Waals surface area contributed by atoms with Crippen molar-refractivity contribution >= 4 is 5.69 Å². The van der Waals surface area contributed by atoms with E-state index in [2.05, 4.69) is 5.16 Å². The van der Waals surface area contributed by atoms with Gasteiger partial charge in [-0.2, -0.15) is 0 Å². The van der Waals surface area contributed by atoms with E-state index in [4.69, 9.17) is 10.3 Å². The maximum absolute atomic E-state index is 5.80. The molecule has 0 saturated carbocycles. The maximum atomic E-state index is 5.80. The van der Waals surface area contributed by atoms with Crippen LogP contribution in [0, 0.1) is 13.8 Å². The lowest BCUT2D eigenvalue weighted by molar-refractivity contribution is 0.427. The van der Waals surface area contributed by atoms with Crippen LogP contribution in [0.15, 0.2) is 28.8 Å². The number of rotatable bonds is 1. The van der Waals surface area contributed by atoms with E-state index < -0.39 is 0 Å². The Kier molecular flexibility index (Phi) is 2.00. The van der Waals surface area contributed by atoms with Crippen LogP contribution in [0.5, 0.6) is 0 Å². The second-order valence-electron chi connectivity index (χ2n) is 3.40. The predicted molar refractivity (Wildman–Crippen MR) is 55.8 cm³/mol. The Hall–Kier alpha value is -1.77. The monoisotopic (exact) mass is 188 g/mol. The lowest BCUT2D eigenvalue weighted by atomic mass is 10.1. The second-order valence-corrected chi connectivity index (χ2v) is 3.40. The van der Waals surface area contributed by atoms with Gasteiger partial charge in [0, 0.05) is 17.3 Å². The number of hydrogen-bond acceptors (Lipinski definition) is 3. The highest BCUT2D eigenvalue weighted by atomic mass is 16.5. The molecule has 2 N–H and O–H groups in total. The van der Waals surface area contributed by atoms with E-state index in [1.807, 2.05) is 38.1 Å². The molecule has 0 unspecified atom stereocenters. The standard InChI is InChI=1S/C11H12N2O/c1-7-3-4-9(6-10(7)12)11-5-8(2)13-14-11/h3-6H,12H2,1-2H3. The summed E-state index contributed by atoms with van der Waals surface area (Å²) in [4.78, 5) is 0. The van der Waals surface area contributed by atoms with Crippen molar-refractivity contribution in [2.45, 2.75) is 13.8 Å². The quantitative estimate of drug-likeness (QED) is 0.699. The van der Waals surface area contributed by atoms with Crippen LogP contribution < -0.4 is 5.73 Å². The van der Waals surface area contributed by atoms with Gasteiger partial charge in [-0.25, -0.2) is 0 Å². The fraction of sp³-hybridized carbons (Fsp3) is 0.182. The van der Waals surface area contributed by atoms with Crippen molar-refractivity contribution in [2.24, 2.45) is 0 Å². The molecule has 72 valence electrons. The Balaban J connectivity index is 2.47. The van der Waals surface area contributed by atoms with Crippen LogP contribution in [-0.2, 0) is 0 Å². The Bertz CT molecular complexity index is 460. The number of aromatic nitrogens is 1. The molecule has 3 nitrogen and oxygen atoms in total. The molecule has 0 atom stereocenters. The van der Waals surface area contributed by atoms with Crippen LogP contribution >= 0.6 is 0 Å². The number of aryl methyl sites for hydroxylation is 2. The summed E-state index contributed by atoms with van der Waals surface area (Å²) < 4.78 is 5.14. The third kappa shape index (κ3) is 1.48. The number of nitrogens with zero attached hydrogens (tertiary/aromatic N) is 1. The number of anilines is 1. The normalized spacial score (nSPS) is 10.4. The first-order valence-electron chi connectivity index (χ1n) is 4.46. The summed E-state index contributed by atoms with van der Waals surface area (Å²) in [5.41, 5.74) is 9.49. The van der Waals surface area contributed by atoms with Crippen molar-refractivity contribution < 1.29 is 4.52 Å². The largest absolute Gasteiger partial charge is 0.398 e. The molecule has 0 spiro atoms. The summed E-state index contributed by atoms with van der Waals surface area (Å²) in [7, 11) is 0. The zero-order valence-corrected chi connectivity index (χ0v) is 8.24. The van der Waals surface area contributed by atoms with E-state index in [9.17, 15) is 0 Å². The van der Waals surface area contributed by atoms with Gasteiger partial charge in [-0.1, -0.05) is 17.3 Å². The van der Waals surface area contributed by atoms with E-state index in [1.165, 1.54) is 0 Å². The van der Waals surface area contributed by atoms with Gasteiger partial charge in [-0.15, -0.1) is 0 Å². The van der Waals surface area contributed by atoms with E-state index in [0.717, 1.165) is 28.3 Å². The fourth-order valence-corrected chi connectivity index (χ4v) is 1.29. The summed E-state index contributed by atoms with van der Waals surface area (Å²) in [5, 5.41) is 3.83. The number of benzene rings is 1. The highest BCUT2D eigenvalue weighted by molar-refractivity contribution is 5.64. The first-order chi connectivity index (χ1) is 6.66. The van der Waals surface area contributed by atoms with Gasteiger partial charge in [-0.05, 0) is 25.5 Å². The average molecular weight is 188 g/mol. The summed E-state index contributed by atoms with van der Waals surface area (Å²) in [6, 6.07) is 7.74. The molecule has 1 heterocycles. The Morgan fingerprint density at radius 1 is 1.21 bits per heavy atom. The molecule has 1 aromatic carbocycles. The van der Waals surface area contributed by atoms with Crippen molar-refractivity contribution in [3.8, 4) is 11.3 Å². The van der Waals surface area contributed by atoms with Crippen LogP contribution in [0.4, 0.5) is 5.69 Å². The molecular weight excluding hydrogens is 176 g/mol. The lowest BCUT2D eigenvalue weighted by Crippen LogP contribution is -1.89. The highest BCUT2D eigenvalue weighted by Gasteiger charge is 2.04. The summed E-state index contributed by atoms with van der Waals surface area (Å²) in [5.74, 6) is 0.759. The van der Waals surface area contributed by atoms with Gasteiger partial charge in [0.15, 0.2) is 5.76 Å². The van der Waals surface area contributed by atoms with Gasteiger partial charge in [-0.3, -0.25) is 0 Å². The van der Waals surface area contributed by atoms with Crippen molar-refractivity contribution in [1.82, 2.24) is 5.16 Å². The minimum absolute atomic E-state index is 0.759. The zero-order valence-electron chi connectivity index (χ0n) is 8.24. The lowest BCUT2D eigenvalue weighted by Gasteiger charge is -2.01. The van der Waals surface area contributed by atoms with Crippen LogP contribution in [0.2, 0.25) is 0 Å².